The molecule has 3 heterocycles. The molecule has 0 N–H and O–H groups in total. The highest BCUT2D eigenvalue weighted by Crippen LogP contribution is 2.50. The van der Waals surface area contributed by atoms with Gasteiger partial charge in [0.1, 0.15) is 19.1 Å². The van der Waals surface area contributed by atoms with Gasteiger partial charge in [0.05, 0.1) is 26.3 Å². The lowest BCUT2D eigenvalue weighted by atomic mass is 9.85. The zero-order valence-electron chi connectivity index (χ0n) is 19.7. The number of hydrogen-bond donors (Lipinski definition) is 0. The van der Waals surface area contributed by atoms with Crippen molar-refractivity contribution in [3.8, 4) is 23.0 Å². The number of rotatable bonds is 4. The van der Waals surface area contributed by atoms with Gasteiger partial charge in [-0.3, -0.25) is 0 Å². The van der Waals surface area contributed by atoms with Crippen molar-refractivity contribution in [1.82, 2.24) is 0 Å². The molecule has 0 aliphatic carbocycles. The van der Waals surface area contributed by atoms with Gasteiger partial charge in [-0.15, -0.1) is 0 Å². The summed E-state index contributed by atoms with van der Waals surface area (Å²) in [7, 11) is 3.47. The lowest BCUT2D eigenvalue weighted by molar-refractivity contribution is -0.983. The van der Waals surface area contributed by atoms with Crippen molar-refractivity contribution in [2.24, 2.45) is 0 Å². The van der Waals surface area contributed by atoms with Crippen LogP contribution in [0.4, 0.5) is 0 Å². The van der Waals surface area contributed by atoms with E-state index in [1.54, 1.807) is 14.2 Å². The Morgan fingerprint density at radius 1 is 0.941 bits per heavy atom. The van der Waals surface area contributed by atoms with E-state index >= 15 is 0 Å². The molecule has 178 valence electrons. The molecule has 0 fully saturated rings. The normalized spacial score (nSPS) is 21.9. The van der Waals surface area contributed by atoms with Gasteiger partial charge in [-0.25, -0.2) is 0 Å². The van der Waals surface area contributed by atoms with Gasteiger partial charge in [0.25, 0.3) is 0 Å². The van der Waals surface area contributed by atoms with Crippen molar-refractivity contribution in [2.45, 2.75) is 38.4 Å². The fourth-order valence-electron chi connectivity index (χ4n) is 6.17. The van der Waals surface area contributed by atoms with E-state index < -0.39 is 0 Å². The minimum absolute atomic E-state index is 0. The van der Waals surface area contributed by atoms with Crippen LogP contribution in [0.25, 0.3) is 0 Å². The number of fused-ring (bicyclic) bond motifs is 5. The smallest absolute Gasteiger partial charge is 0.231 e. The highest BCUT2D eigenvalue weighted by molar-refractivity contribution is 5.54. The second-order valence-corrected chi connectivity index (χ2v) is 9.41. The summed E-state index contributed by atoms with van der Waals surface area (Å²) in [5, 5.41) is 0. The number of aryl methyl sites for hydroxylation is 1. The van der Waals surface area contributed by atoms with Crippen LogP contribution in [0.5, 0.6) is 23.0 Å². The summed E-state index contributed by atoms with van der Waals surface area (Å²) in [6.07, 6.45) is 3.17. The van der Waals surface area contributed by atoms with Gasteiger partial charge in [-0.05, 0) is 35.7 Å². The van der Waals surface area contributed by atoms with Crippen LogP contribution >= 0.6 is 0 Å². The maximum absolute atomic E-state index is 5.90. The second-order valence-electron chi connectivity index (χ2n) is 9.41. The van der Waals surface area contributed by atoms with Crippen molar-refractivity contribution in [2.75, 3.05) is 27.6 Å². The maximum Gasteiger partial charge on any atom is 0.231 e. The Bertz CT molecular complexity index is 1200. The lowest BCUT2D eigenvalue weighted by Crippen LogP contribution is -3.00. The minimum atomic E-state index is 0. The van der Waals surface area contributed by atoms with Crippen molar-refractivity contribution < 1.29 is 40.4 Å². The molecule has 0 amide bonds. The molecule has 3 aliphatic rings. The Balaban J connectivity index is 0.00000241. The summed E-state index contributed by atoms with van der Waals surface area (Å²) in [6.45, 7) is 3.33. The van der Waals surface area contributed by atoms with Gasteiger partial charge < -0.3 is 40.4 Å². The number of ether oxygens (including phenoxy) is 4. The average molecular weight is 524 g/mol. The summed E-state index contributed by atoms with van der Waals surface area (Å²) >= 11 is 0. The van der Waals surface area contributed by atoms with Crippen LogP contribution in [0.2, 0.25) is 0 Å². The van der Waals surface area contributed by atoms with Crippen molar-refractivity contribution in [1.29, 1.82) is 0 Å². The van der Waals surface area contributed by atoms with Gasteiger partial charge in [0.15, 0.2) is 23.0 Å². The molecule has 34 heavy (non-hydrogen) atoms. The highest BCUT2D eigenvalue weighted by Gasteiger charge is 2.46. The molecule has 2 atom stereocenters. The third kappa shape index (κ3) is 3.73. The molecular weight excluding hydrogens is 494 g/mol. The van der Waals surface area contributed by atoms with E-state index in [-0.39, 0.29) is 17.0 Å². The number of halogens is 1. The van der Waals surface area contributed by atoms with Gasteiger partial charge in [-0.2, -0.15) is 0 Å². The first-order valence-electron chi connectivity index (χ1n) is 11.8. The Kier molecular flexibility index (Phi) is 6.21. The van der Waals surface area contributed by atoms with Crippen LogP contribution in [-0.4, -0.2) is 32.0 Å². The standard InChI is InChI=1S/C28H30NO4.BrH/c1-30-25-11-10-21-13-24-22-15-27-26(32-18-33-27)14-20(22)9-6-12-29(24,17-23(21)28(25)31-2)16-19-7-4-3-5-8-19;/h3-5,7-8,10-11,14-15,24H,6,9,12-13,16-18H2,1-2H3;1H/q+1;/p-1. The van der Waals surface area contributed by atoms with Crippen molar-refractivity contribution in [3.05, 3.63) is 82.4 Å². The first kappa shape index (κ1) is 23.1. The molecule has 2 unspecified atom stereocenters. The van der Waals surface area contributed by atoms with Gasteiger partial charge >= 0.3 is 0 Å². The fraction of sp³-hybridized carbons (Fsp3) is 0.357. The molecule has 3 aromatic carbocycles. The second kappa shape index (κ2) is 9.16. The average Bonchev–Trinajstić information content (AvgIpc) is 3.24. The quantitative estimate of drug-likeness (QED) is 0.491. The third-order valence-electron chi connectivity index (χ3n) is 7.68. The van der Waals surface area contributed by atoms with Crippen LogP contribution in [-0.2, 0) is 25.9 Å². The summed E-state index contributed by atoms with van der Waals surface area (Å²) in [4.78, 5) is 0. The van der Waals surface area contributed by atoms with Crippen molar-refractivity contribution in [3.63, 3.8) is 0 Å². The van der Waals surface area contributed by atoms with E-state index in [9.17, 15) is 0 Å². The predicted octanol–water partition coefficient (Wildman–Crippen LogP) is 2.20. The van der Waals surface area contributed by atoms with Gasteiger partial charge in [0, 0.05) is 24.0 Å². The van der Waals surface area contributed by atoms with Crippen LogP contribution in [0.3, 0.4) is 0 Å². The van der Waals surface area contributed by atoms with E-state index in [0.29, 0.717) is 12.8 Å². The number of quaternary nitrogens is 1. The molecule has 3 aliphatic heterocycles. The molecule has 5 nitrogen and oxygen atoms in total. The Hall–Kier alpha value is -2.70. The topological polar surface area (TPSA) is 36.9 Å². The summed E-state index contributed by atoms with van der Waals surface area (Å²) in [5.74, 6) is 3.46. The van der Waals surface area contributed by atoms with Gasteiger partial charge in [0.2, 0.25) is 6.79 Å². The maximum atomic E-state index is 5.90. The summed E-state index contributed by atoms with van der Waals surface area (Å²) in [5.41, 5.74) is 6.82. The monoisotopic (exact) mass is 523 g/mol. The number of benzene rings is 3. The predicted molar refractivity (Wildman–Crippen MR) is 126 cm³/mol. The number of nitrogens with zero attached hydrogens (tertiary/aromatic N) is 1. The largest absolute Gasteiger partial charge is 1.00 e. The van der Waals surface area contributed by atoms with E-state index in [2.05, 4.69) is 48.5 Å². The third-order valence-corrected chi connectivity index (χ3v) is 7.68. The Morgan fingerprint density at radius 3 is 2.50 bits per heavy atom. The first-order chi connectivity index (χ1) is 16.2. The van der Waals surface area contributed by atoms with Crippen LogP contribution < -0.4 is 35.9 Å². The summed E-state index contributed by atoms with van der Waals surface area (Å²) < 4.78 is 24.1. The van der Waals surface area contributed by atoms with Gasteiger partial charge in [-0.1, -0.05) is 36.4 Å². The minimum Gasteiger partial charge on any atom is -1.00 e. The Morgan fingerprint density at radius 2 is 1.74 bits per heavy atom. The Labute approximate surface area is 211 Å². The number of hydrogen-bond acceptors (Lipinski definition) is 4. The molecule has 3 aromatic rings. The van der Waals surface area contributed by atoms with Crippen LogP contribution in [0.15, 0.2) is 54.6 Å². The zero-order valence-corrected chi connectivity index (χ0v) is 21.3. The molecule has 0 saturated heterocycles. The van der Waals surface area contributed by atoms with Crippen molar-refractivity contribution >= 4 is 0 Å². The van der Waals surface area contributed by atoms with E-state index in [4.69, 9.17) is 18.9 Å². The molecule has 6 heteroatoms. The fourth-order valence-corrected chi connectivity index (χ4v) is 6.17. The molecule has 0 spiro atoms. The molecular formula is C28H30BrNO4. The lowest BCUT2D eigenvalue weighted by Gasteiger charge is -2.48. The molecule has 0 radical (unpaired) electrons. The highest BCUT2D eigenvalue weighted by atomic mass is 79.9. The zero-order chi connectivity index (χ0) is 22.4. The number of methoxy groups -OCH3 is 2. The molecule has 6 rings (SSSR count). The first-order valence-corrected chi connectivity index (χ1v) is 11.8. The van der Waals surface area contributed by atoms with E-state index in [1.807, 2.05) is 6.07 Å². The van der Waals surface area contributed by atoms with Crippen LogP contribution in [0, 0.1) is 0 Å². The van der Waals surface area contributed by atoms with Crippen LogP contribution in [0.1, 0.15) is 40.3 Å². The summed E-state index contributed by atoms with van der Waals surface area (Å²) in [6, 6.07) is 20.0. The van der Waals surface area contributed by atoms with E-state index in [1.165, 1.54) is 27.8 Å². The SMILES string of the molecule is COc1ccc2c(c1OC)C[N+]1(Cc3ccccc3)CCCc3cc4c(cc3C1C2)OCO4.[Br-]. The molecule has 0 saturated carbocycles. The molecule has 0 aromatic heterocycles. The molecule has 0 bridgehead atoms. The van der Waals surface area contributed by atoms with E-state index in [0.717, 1.165) is 66.4 Å².